The fraction of sp³-hybridized carbons (Fsp3) is 0.318. The number of nitrogens with one attached hydrogen (secondary N) is 1. The second-order valence-corrected chi connectivity index (χ2v) is 7.53. The molecule has 0 saturated heterocycles. The van der Waals surface area contributed by atoms with E-state index in [0.717, 1.165) is 46.8 Å². The first-order valence-corrected chi connectivity index (χ1v) is 10.6. The van der Waals surface area contributed by atoms with Crippen molar-refractivity contribution in [3.8, 4) is 17.1 Å². The van der Waals surface area contributed by atoms with E-state index in [9.17, 15) is 4.79 Å². The number of rotatable bonds is 8. The second-order valence-electron chi connectivity index (χ2n) is 6.59. The normalized spacial score (nSPS) is 10.8. The molecule has 7 heteroatoms. The molecule has 0 radical (unpaired) electrons. The topological polar surface area (TPSA) is 69.0 Å². The Bertz CT molecular complexity index is 978. The van der Waals surface area contributed by atoms with Crippen LogP contribution < -0.4 is 10.1 Å². The molecule has 0 spiro atoms. The smallest absolute Gasteiger partial charge is 0.234 e. The van der Waals surface area contributed by atoms with Gasteiger partial charge in [-0.05, 0) is 36.1 Å². The Labute approximate surface area is 175 Å². The molecule has 0 unspecified atom stereocenters. The Kier molecular flexibility index (Phi) is 6.93. The molecule has 1 heterocycles. The van der Waals surface area contributed by atoms with E-state index in [2.05, 4.69) is 41.5 Å². The number of amides is 1. The van der Waals surface area contributed by atoms with Crippen LogP contribution in [-0.2, 0) is 24.7 Å². The Morgan fingerprint density at radius 2 is 1.79 bits per heavy atom. The predicted octanol–water partition coefficient (Wildman–Crippen LogP) is 4.35. The molecular weight excluding hydrogens is 384 g/mol. The number of carbonyl (C=O) groups excluding carboxylic acids is 1. The summed E-state index contributed by atoms with van der Waals surface area (Å²) in [5.74, 6) is 1.72. The summed E-state index contributed by atoms with van der Waals surface area (Å²) in [6, 6.07) is 13.8. The van der Waals surface area contributed by atoms with Crippen molar-refractivity contribution in [3.63, 3.8) is 0 Å². The number of anilines is 1. The number of nitrogens with zero attached hydrogens (tertiary/aromatic N) is 3. The van der Waals surface area contributed by atoms with E-state index in [1.807, 2.05) is 41.9 Å². The minimum atomic E-state index is -0.0449. The van der Waals surface area contributed by atoms with Crippen LogP contribution in [0, 0.1) is 0 Å². The number of hydrogen-bond donors (Lipinski definition) is 1. The molecule has 0 saturated carbocycles. The first-order chi connectivity index (χ1) is 14.1. The van der Waals surface area contributed by atoms with Gasteiger partial charge in [-0.1, -0.05) is 55.9 Å². The lowest BCUT2D eigenvalue weighted by Crippen LogP contribution is -2.17. The number of para-hydroxylation sites is 1. The highest BCUT2D eigenvalue weighted by atomic mass is 32.2. The molecule has 0 aliphatic heterocycles. The minimum Gasteiger partial charge on any atom is -0.497 e. The van der Waals surface area contributed by atoms with Gasteiger partial charge in [-0.15, -0.1) is 10.2 Å². The highest BCUT2D eigenvalue weighted by molar-refractivity contribution is 7.99. The van der Waals surface area contributed by atoms with Crippen LogP contribution in [0.5, 0.6) is 5.75 Å². The van der Waals surface area contributed by atoms with E-state index in [1.165, 1.54) is 11.8 Å². The lowest BCUT2D eigenvalue weighted by Gasteiger charge is -2.14. The maximum Gasteiger partial charge on any atom is 0.234 e. The van der Waals surface area contributed by atoms with Crippen LogP contribution in [-0.4, -0.2) is 33.5 Å². The largest absolute Gasteiger partial charge is 0.497 e. The summed E-state index contributed by atoms with van der Waals surface area (Å²) in [5, 5.41) is 12.3. The summed E-state index contributed by atoms with van der Waals surface area (Å²) >= 11 is 1.37. The predicted molar refractivity (Wildman–Crippen MR) is 118 cm³/mol. The molecule has 0 aliphatic rings. The Hall–Kier alpha value is -2.80. The number of methoxy groups -OCH3 is 1. The molecular formula is C22H26N4O2S. The zero-order chi connectivity index (χ0) is 20.8. The molecule has 6 nitrogen and oxygen atoms in total. The lowest BCUT2D eigenvalue weighted by molar-refractivity contribution is -0.113. The zero-order valence-corrected chi connectivity index (χ0v) is 18.0. The lowest BCUT2D eigenvalue weighted by atomic mass is 10.0. The fourth-order valence-electron chi connectivity index (χ4n) is 3.16. The number of thioether (sulfide) groups is 1. The molecule has 29 heavy (non-hydrogen) atoms. The van der Waals surface area contributed by atoms with Gasteiger partial charge in [0, 0.05) is 18.3 Å². The van der Waals surface area contributed by atoms with Crippen LogP contribution in [0.2, 0.25) is 0 Å². The van der Waals surface area contributed by atoms with Gasteiger partial charge in [-0.2, -0.15) is 0 Å². The third-order valence-electron chi connectivity index (χ3n) is 4.76. The molecule has 0 atom stereocenters. The van der Waals surface area contributed by atoms with Crippen molar-refractivity contribution in [3.05, 3.63) is 53.6 Å². The number of carbonyl (C=O) groups is 1. The van der Waals surface area contributed by atoms with Crippen LogP contribution in [0.15, 0.2) is 47.6 Å². The Morgan fingerprint density at radius 1 is 1.10 bits per heavy atom. The van der Waals surface area contributed by atoms with Crippen LogP contribution in [0.25, 0.3) is 11.4 Å². The molecule has 1 N–H and O–H groups in total. The van der Waals surface area contributed by atoms with Gasteiger partial charge < -0.3 is 14.6 Å². The Balaban J connectivity index is 1.70. The molecule has 2 aromatic carbocycles. The monoisotopic (exact) mass is 410 g/mol. The van der Waals surface area contributed by atoms with Crippen molar-refractivity contribution in [2.75, 3.05) is 18.2 Å². The molecule has 152 valence electrons. The zero-order valence-electron chi connectivity index (χ0n) is 17.2. The van der Waals surface area contributed by atoms with Crippen LogP contribution in [0.4, 0.5) is 5.69 Å². The van der Waals surface area contributed by atoms with Crippen molar-refractivity contribution < 1.29 is 9.53 Å². The van der Waals surface area contributed by atoms with Gasteiger partial charge in [0.1, 0.15) is 5.75 Å². The number of aromatic nitrogens is 3. The molecule has 3 rings (SSSR count). The first kappa shape index (κ1) is 20.9. The van der Waals surface area contributed by atoms with Crippen molar-refractivity contribution in [1.82, 2.24) is 14.8 Å². The maximum atomic E-state index is 12.6. The highest BCUT2D eigenvalue weighted by Crippen LogP contribution is 2.26. The Morgan fingerprint density at radius 3 is 2.45 bits per heavy atom. The van der Waals surface area contributed by atoms with E-state index < -0.39 is 0 Å². The number of hydrogen-bond acceptors (Lipinski definition) is 5. The third kappa shape index (κ3) is 4.79. The molecule has 1 amide bonds. The van der Waals surface area contributed by atoms with E-state index in [4.69, 9.17) is 4.74 Å². The van der Waals surface area contributed by atoms with Gasteiger partial charge in [0.2, 0.25) is 5.91 Å². The van der Waals surface area contributed by atoms with Gasteiger partial charge in [-0.25, -0.2) is 0 Å². The summed E-state index contributed by atoms with van der Waals surface area (Å²) in [6.45, 7) is 4.19. The molecule has 0 fully saturated rings. The molecule has 0 aliphatic carbocycles. The average Bonchev–Trinajstić information content (AvgIpc) is 3.12. The van der Waals surface area contributed by atoms with E-state index >= 15 is 0 Å². The standard InChI is InChI=1S/C22H26N4O2S/c1-5-15-9-7-10-16(6-2)20(15)23-19(27)14-29-22-25-24-21(26(22)3)17-11-8-12-18(13-17)28-4/h7-13H,5-6,14H2,1-4H3,(H,23,27). The third-order valence-corrected chi connectivity index (χ3v) is 5.78. The fourth-order valence-corrected chi connectivity index (χ4v) is 3.87. The number of benzene rings is 2. The molecule has 0 bridgehead atoms. The summed E-state index contributed by atoms with van der Waals surface area (Å²) < 4.78 is 7.17. The van der Waals surface area contributed by atoms with Crippen LogP contribution in [0.3, 0.4) is 0 Å². The van der Waals surface area contributed by atoms with Gasteiger partial charge in [-0.3, -0.25) is 4.79 Å². The van der Waals surface area contributed by atoms with Crippen molar-refractivity contribution in [1.29, 1.82) is 0 Å². The van der Waals surface area contributed by atoms with E-state index in [1.54, 1.807) is 7.11 Å². The van der Waals surface area contributed by atoms with E-state index in [-0.39, 0.29) is 11.7 Å². The van der Waals surface area contributed by atoms with Crippen LogP contribution >= 0.6 is 11.8 Å². The summed E-state index contributed by atoms with van der Waals surface area (Å²) in [7, 11) is 3.53. The quantitative estimate of drug-likeness (QED) is 0.559. The molecule has 1 aromatic heterocycles. The highest BCUT2D eigenvalue weighted by Gasteiger charge is 2.15. The number of aryl methyl sites for hydroxylation is 2. The summed E-state index contributed by atoms with van der Waals surface area (Å²) in [4.78, 5) is 12.6. The van der Waals surface area contributed by atoms with E-state index in [0.29, 0.717) is 5.16 Å². The SMILES string of the molecule is CCc1cccc(CC)c1NC(=O)CSc1nnc(-c2cccc(OC)c2)n1C. The summed E-state index contributed by atoms with van der Waals surface area (Å²) in [6.07, 6.45) is 1.76. The first-order valence-electron chi connectivity index (χ1n) is 9.64. The second kappa shape index (κ2) is 9.60. The van der Waals surface area contributed by atoms with Crippen molar-refractivity contribution in [2.24, 2.45) is 7.05 Å². The average molecular weight is 411 g/mol. The van der Waals surface area contributed by atoms with Gasteiger partial charge >= 0.3 is 0 Å². The molecule has 3 aromatic rings. The maximum absolute atomic E-state index is 12.6. The minimum absolute atomic E-state index is 0.0449. The van der Waals surface area contributed by atoms with Crippen molar-refractivity contribution >= 4 is 23.4 Å². The van der Waals surface area contributed by atoms with Gasteiger partial charge in [0.05, 0.1) is 12.9 Å². The van der Waals surface area contributed by atoms with Gasteiger partial charge in [0.25, 0.3) is 0 Å². The summed E-state index contributed by atoms with van der Waals surface area (Å²) in [5.41, 5.74) is 4.17. The van der Waals surface area contributed by atoms with Crippen LogP contribution in [0.1, 0.15) is 25.0 Å². The van der Waals surface area contributed by atoms with Gasteiger partial charge in [0.15, 0.2) is 11.0 Å². The van der Waals surface area contributed by atoms with Crippen molar-refractivity contribution in [2.45, 2.75) is 31.8 Å². The number of ether oxygens (including phenoxy) is 1.